The standard InChI is InChI=1S/C15H17NO/c1-16(2)11-14-13(9-6-10-15(14)17)12-7-4-3-5-8-12/h3-10,17H,11H2,1-2H3. The van der Waals surface area contributed by atoms with E-state index in [4.69, 9.17) is 0 Å². The second-order valence-corrected chi connectivity index (χ2v) is 4.41. The van der Waals surface area contributed by atoms with Crippen molar-refractivity contribution in [3.05, 3.63) is 54.1 Å². The molecule has 2 heteroatoms. The van der Waals surface area contributed by atoms with Gasteiger partial charge in [0, 0.05) is 12.1 Å². The summed E-state index contributed by atoms with van der Waals surface area (Å²) in [5, 5.41) is 9.97. The third kappa shape index (κ3) is 2.66. The molecule has 0 unspecified atom stereocenters. The molecule has 0 aromatic heterocycles. The molecule has 88 valence electrons. The van der Waals surface area contributed by atoms with E-state index in [1.165, 1.54) is 0 Å². The number of aromatic hydroxyl groups is 1. The topological polar surface area (TPSA) is 23.5 Å². The monoisotopic (exact) mass is 227 g/mol. The van der Waals surface area contributed by atoms with Crippen LogP contribution in [0.2, 0.25) is 0 Å². The molecule has 0 amide bonds. The van der Waals surface area contributed by atoms with Crippen LogP contribution in [-0.4, -0.2) is 24.1 Å². The van der Waals surface area contributed by atoms with Crippen LogP contribution in [-0.2, 0) is 6.54 Å². The molecule has 2 rings (SSSR count). The number of rotatable bonds is 3. The van der Waals surface area contributed by atoms with E-state index >= 15 is 0 Å². The molecule has 2 nitrogen and oxygen atoms in total. The molecule has 0 aliphatic carbocycles. The summed E-state index contributed by atoms with van der Waals surface area (Å²) in [6.45, 7) is 0.733. The molecule has 0 heterocycles. The van der Waals surface area contributed by atoms with Gasteiger partial charge in [0.15, 0.2) is 0 Å². The highest BCUT2D eigenvalue weighted by molar-refractivity contribution is 5.69. The number of phenolic OH excluding ortho intramolecular Hbond substituents is 1. The van der Waals surface area contributed by atoms with Gasteiger partial charge in [0.2, 0.25) is 0 Å². The number of nitrogens with zero attached hydrogens (tertiary/aromatic N) is 1. The molecule has 0 spiro atoms. The number of hydrogen-bond acceptors (Lipinski definition) is 2. The van der Waals surface area contributed by atoms with Crippen LogP contribution in [0.4, 0.5) is 0 Å². The van der Waals surface area contributed by atoms with Gasteiger partial charge in [0.1, 0.15) is 5.75 Å². The summed E-state index contributed by atoms with van der Waals surface area (Å²) >= 11 is 0. The summed E-state index contributed by atoms with van der Waals surface area (Å²) in [4.78, 5) is 2.06. The maximum absolute atomic E-state index is 9.97. The zero-order chi connectivity index (χ0) is 12.3. The van der Waals surface area contributed by atoms with Crippen LogP contribution in [0.3, 0.4) is 0 Å². The van der Waals surface area contributed by atoms with Crippen molar-refractivity contribution in [1.82, 2.24) is 4.90 Å². The van der Waals surface area contributed by atoms with Crippen LogP contribution in [0.25, 0.3) is 11.1 Å². The van der Waals surface area contributed by atoms with Gasteiger partial charge < -0.3 is 10.0 Å². The zero-order valence-electron chi connectivity index (χ0n) is 10.2. The summed E-state index contributed by atoms with van der Waals surface area (Å²) < 4.78 is 0. The Hall–Kier alpha value is -1.80. The fourth-order valence-electron chi connectivity index (χ4n) is 1.95. The number of hydrogen-bond donors (Lipinski definition) is 1. The fourth-order valence-corrected chi connectivity index (χ4v) is 1.95. The van der Waals surface area contributed by atoms with Gasteiger partial charge in [0.05, 0.1) is 0 Å². The molecule has 2 aromatic rings. The Morgan fingerprint density at radius 1 is 0.941 bits per heavy atom. The SMILES string of the molecule is CN(C)Cc1c(O)cccc1-c1ccccc1. The van der Waals surface area contributed by atoms with E-state index in [2.05, 4.69) is 17.0 Å². The highest BCUT2D eigenvalue weighted by Gasteiger charge is 2.09. The van der Waals surface area contributed by atoms with E-state index in [9.17, 15) is 5.11 Å². The first-order valence-corrected chi connectivity index (χ1v) is 5.69. The maximum atomic E-state index is 9.97. The Bertz CT molecular complexity index is 492. The first-order chi connectivity index (χ1) is 8.18. The van der Waals surface area contributed by atoms with E-state index in [1.807, 2.05) is 44.4 Å². The predicted octanol–water partition coefficient (Wildman–Crippen LogP) is 3.12. The van der Waals surface area contributed by atoms with Crippen LogP contribution < -0.4 is 0 Å². The quantitative estimate of drug-likeness (QED) is 0.870. The molecule has 17 heavy (non-hydrogen) atoms. The van der Waals surface area contributed by atoms with Crippen molar-refractivity contribution < 1.29 is 5.11 Å². The van der Waals surface area contributed by atoms with Gasteiger partial charge in [-0.1, -0.05) is 42.5 Å². The molecule has 0 saturated heterocycles. The molecular weight excluding hydrogens is 210 g/mol. The lowest BCUT2D eigenvalue weighted by Crippen LogP contribution is -2.11. The van der Waals surface area contributed by atoms with Crippen LogP contribution in [0, 0.1) is 0 Å². The van der Waals surface area contributed by atoms with E-state index < -0.39 is 0 Å². The third-order valence-electron chi connectivity index (χ3n) is 2.71. The van der Waals surface area contributed by atoms with E-state index in [-0.39, 0.29) is 0 Å². The van der Waals surface area contributed by atoms with Crippen molar-refractivity contribution >= 4 is 0 Å². The summed E-state index contributed by atoms with van der Waals surface area (Å²) in [6, 6.07) is 15.8. The summed E-state index contributed by atoms with van der Waals surface area (Å²) in [5.74, 6) is 0.361. The first kappa shape index (κ1) is 11.7. The van der Waals surface area contributed by atoms with E-state index in [0.717, 1.165) is 23.2 Å². The zero-order valence-corrected chi connectivity index (χ0v) is 10.2. The van der Waals surface area contributed by atoms with Gasteiger partial charge >= 0.3 is 0 Å². The normalized spacial score (nSPS) is 10.8. The highest BCUT2D eigenvalue weighted by atomic mass is 16.3. The van der Waals surface area contributed by atoms with Gasteiger partial charge in [-0.3, -0.25) is 0 Å². The predicted molar refractivity (Wildman–Crippen MR) is 70.9 cm³/mol. The summed E-state index contributed by atoms with van der Waals surface area (Å²) in [7, 11) is 4.00. The van der Waals surface area contributed by atoms with Crippen molar-refractivity contribution in [3.63, 3.8) is 0 Å². The second-order valence-electron chi connectivity index (χ2n) is 4.41. The van der Waals surface area contributed by atoms with Crippen LogP contribution in [0.1, 0.15) is 5.56 Å². The number of phenols is 1. The lowest BCUT2D eigenvalue weighted by Gasteiger charge is -2.15. The molecule has 1 N–H and O–H groups in total. The van der Waals surface area contributed by atoms with Crippen molar-refractivity contribution in [3.8, 4) is 16.9 Å². The average molecular weight is 227 g/mol. The highest BCUT2D eigenvalue weighted by Crippen LogP contribution is 2.30. The lowest BCUT2D eigenvalue weighted by molar-refractivity contribution is 0.386. The second kappa shape index (κ2) is 5.02. The van der Waals surface area contributed by atoms with Crippen LogP contribution >= 0.6 is 0 Å². The van der Waals surface area contributed by atoms with Crippen LogP contribution in [0.15, 0.2) is 48.5 Å². The molecule has 0 atom stereocenters. The van der Waals surface area contributed by atoms with Crippen molar-refractivity contribution in [2.24, 2.45) is 0 Å². The Morgan fingerprint density at radius 2 is 1.65 bits per heavy atom. The minimum absolute atomic E-state index is 0.361. The molecule has 0 fully saturated rings. The molecule has 2 aromatic carbocycles. The minimum Gasteiger partial charge on any atom is -0.508 e. The fraction of sp³-hybridized carbons (Fsp3) is 0.200. The van der Waals surface area contributed by atoms with Gasteiger partial charge in [-0.2, -0.15) is 0 Å². The Morgan fingerprint density at radius 3 is 2.29 bits per heavy atom. The molecule has 0 radical (unpaired) electrons. The minimum atomic E-state index is 0.361. The largest absolute Gasteiger partial charge is 0.508 e. The van der Waals surface area contributed by atoms with Crippen LogP contribution in [0.5, 0.6) is 5.75 Å². The molecule has 0 bridgehead atoms. The van der Waals surface area contributed by atoms with Gasteiger partial charge in [-0.15, -0.1) is 0 Å². The Kier molecular flexibility index (Phi) is 3.45. The van der Waals surface area contributed by atoms with Gasteiger partial charge in [-0.25, -0.2) is 0 Å². The van der Waals surface area contributed by atoms with E-state index in [0.29, 0.717) is 5.75 Å². The Labute approximate surface area is 102 Å². The Balaban J connectivity index is 2.50. The summed E-state index contributed by atoms with van der Waals surface area (Å²) in [5.41, 5.74) is 3.21. The maximum Gasteiger partial charge on any atom is 0.120 e. The third-order valence-corrected chi connectivity index (χ3v) is 2.71. The average Bonchev–Trinajstić information content (AvgIpc) is 2.32. The van der Waals surface area contributed by atoms with Gasteiger partial charge in [0.25, 0.3) is 0 Å². The van der Waals surface area contributed by atoms with E-state index in [1.54, 1.807) is 6.07 Å². The van der Waals surface area contributed by atoms with Crippen molar-refractivity contribution in [1.29, 1.82) is 0 Å². The summed E-state index contributed by atoms with van der Waals surface area (Å²) in [6.07, 6.45) is 0. The van der Waals surface area contributed by atoms with Crippen molar-refractivity contribution in [2.45, 2.75) is 6.54 Å². The first-order valence-electron chi connectivity index (χ1n) is 5.69. The number of benzene rings is 2. The van der Waals surface area contributed by atoms with Gasteiger partial charge in [-0.05, 0) is 31.3 Å². The lowest BCUT2D eigenvalue weighted by atomic mass is 9.98. The molecular formula is C15H17NO. The smallest absolute Gasteiger partial charge is 0.120 e. The molecule has 0 aliphatic rings. The molecule has 0 aliphatic heterocycles. The van der Waals surface area contributed by atoms with Crippen molar-refractivity contribution in [2.75, 3.05) is 14.1 Å². The molecule has 0 saturated carbocycles.